The minimum Gasteiger partial charge on any atom is -0.480 e. The first kappa shape index (κ1) is 20.6. The highest BCUT2D eigenvalue weighted by Gasteiger charge is 2.22. The molecule has 1 amide bonds. The Labute approximate surface area is 161 Å². The molecule has 8 nitrogen and oxygen atoms in total. The van der Waals surface area contributed by atoms with Crippen LogP contribution in [-0.4, -0.2) is 42.1 Å². The molecule has 2 aromatic carbocycles. The highest BCUT2D eigenvalue weighted by Crippen LogP contribution is 2.14. The van der Waals surface area contributed by atoms with E-state index in [0.29, 0.717) is 11.3 Å². The first-order chi connectivity index (χ1) is 13.3. The minimum atomic E-state index is -1.21. The zero-order valence-electron chi connectivity index (χ0n) is 15.3. The number of carboxylic acid groups (broad SMARTS) is 1. The molecular weight excluding hydrogens is 366 g/mol. The van der Waals surface area contributed by atoms with Crippen molar-refractivity contribution in [2.75, 3.05) is 7.11 Å². The molecule has 0 saturated carbocycles. The number of amides is 1. The molecule has 0 aliphatic heterocycles. The van der Waals surface area contributed by atoms with Gasteiger partial charge in [0.2, 0.25) is 0 Å². The van der Waals surface area contributed by atoms with Crippen LogP contribution < -0.4 is 10.1 Å². The van der Waals surface area contributed by atoms with E-state index in [2.05, 4.69) is 10.1 Å². The summed E-state index contributed by atoms with van der Waals surface area (Å²) in [5.74, 6) is -2.56. The third-order valence-electron chi connectivity index (χ3n) is 3.77. The van der Waals surface area contributed by atoms with Gasteiger partial charge >= 0.3 is 17.9 Å². The molecule has 0 aromatic heterocycles. The fourth-order valence-corrected chi connectivity index (χ4v) is 2.44. The van der Waals surface area contributed by atoms with Gasteiger partial charge in [-0.25, -0.2) is 9.59 Å². The zero-order valence-corrected chi connectivity index (χ0v) is 15.3. The molecule has 0 spiro atoms. The number of nitrogens with one attached hydrogen (secondary N) is 1. The molecule has 0 aliphatic carbocycles. The molecule has 0 fully saturated rings. The number of rotatable bonds is 7. The number of carbonyl (C=O) groups is 4. The van der Waals surface area contributed by atoms with Gasteiger partial charge in [0.15, 0.2) is 0 Å². The standard InChI is InChI=1S/C20H19NO7/c1-12(22)28-16-8-6-13(7-9-16)10-17(19(24)25)21-18(23)14-4-3-5-15(11-14)20(26)27-2/h3-9,11,17H,10H2,1-2H3,(H,21,23)(H,24,25). The number of esters is 2. The molecule has 0 saturated heterocycles. The Bertz CT molecular complexity index is 890. The predicted octanol–water partition coefficient (Wildman–Crippen LogP) is 1.82. The maximum absolute atomic E-state index is 12.4. The van der Waals surface area contributed by atoms with Gasteiger partial charge in [0.25, 0.3) is 5.91 Å². The lowest BCUT2D eigenvalue weighted by atomic mass is 10.0. The molecule has 0 radical (unpaired) electrons. The SMILES string of the molecule is COC(=O)c1cccc(C(=O)NC(Cc2ccc(OC(C)=O)cc2)C(=O)O)c1. The smallest absolute Gasteiger partial charge is 0.337 e. The number of aliphatic carboxylic acids is 1. The lowest BCUT2D eigenvalue weighted by Gasteiger charge is -2.15. The topological polar surface area (TPSA) is 119 Å². The lowest BCUT2D eigenvalue weighted by Crippen LogP contribution is -2.42. The molecular formula is C20H19NO7. The summed E-state index contributed by atoms with van der Waals surface area (Å²) < 4.78 is 9.53. The van der Waals surface area contributed by atoms with E-state index in [-0.39, 0.29) is 17.5 Å². The van der Waals surface area contributed by atoms with Crippen LogP contribution in [0, 0.1) is 0 Å². The Morgan fingerprint density at radius 1 is 1.04 bits per heavy atom. The molecule has 0 aliphatic rings. The van der Waals surface area contributed by atoms with Gasteiger partial charge in [0, 0.05) is 18.9 Å². The van der Waals surface area contributed by atoms with Gasteiger partial charge in [-0.1, -0.05) is 18.2 Å². The quantitative estimate of drug-likeness (QED) is 0.551. The van der Waals surface area contributed by atoms with Crippen molar-refractivity contribution in [3.63, 3.8) is 0 Å². The molecule has 8 heteroatoms. The summed E-state index contributed by atoms with van der Waals surface area (Å²) in [6.45, 7) is 1.28. The molecule has 2 aromatic rings. The average molecular weight is 385 g/mol. The summed E-state index contributed by atoms with van der Waals surface area (Å²) in [6.07, 6.45) is 0.0259. The number of carboxylic acids is 1. The number of carbonyl (C=O) groups excluding carboxylic acids is 3. The number of benzene rings is 2. The fraction of sp³-hybridized carbons (Fsp3) is 0.200. The molecule has 0 heterocycles. The highest BCUT2D eigenvalue weighted by molar-refractivity contribution is 5.99. The number of hydrogen-bond acceptors (Lipinski definition) is 6. The average Bonchev–Trinajstić information content (AvgIpc) is 2.67. The van der Waals surface area contributed by atoms with Gasteiger partial charge < -0.3 is 19.9 Å². The van der Waals surface area contributed by atoms with Gasteiger partial charge in [0.05, 0.1) is 12.7 Å². The van der Waals surface area contributed by atoms with Crippen LogP contribution >= 0.6 is 0 Å². The molecule has 1 unspecified atom stereocenters. The van der Waals surface area contributed by atoms with Crippen molar-refractivity contribution < 1.29 is 33.8 Å². The summed E-state index contributed by atoms with van der Waals surface area (Å²) in [5, 5.41) is 11.9. The van der Waals surface area contributed by atoms with Gasteiger partial charge in [-0.2, -0.15) is 0 Å². The second kappa shape index (κ2) is 9.31. The van der Waals surface area contributed by atoms with Gasteiger partial charge in [-0.15, -0.1) is 0 Å². The van der Waals surface area contributed by atoms with Gasteiger partial charge in [-0.05, 0) is 35.9 Å². The van der Waals surface area contributed by atoms with Crippen molar-refractivity contribution in [2.24, 2.45) is 0 Å². The third-order valence-corrected chi connectivity index (χ3v) is 3.77. The Balaban J connectivity index is 2.10. The monoisotopic (exact) mass is 385 g/mol. The highest BCUT2D eigenvalue weighted by atomic mass is 16.5. The van der Waals surface area contributed by atoms with Crippen LogP contribution in [-0.2, 0) is 20.7 Å². The molecule has 146 valence electrons. The minimum absolute atomic E-state index is 0.0259. The Hall–Kier alpha value is -3.68. The van der Waals surface area contributed by atoms with Crippen molar-refractivity contribution in [1.29, 1.82) is 0 Å². The maximum Gasteiger partial charge on any atom is 0.337 e. The zero-order chi connectivity index (χ0) is 20.7. The maximum atomic E-state index is 12.4. The summed E-state index contributed by atoms with van der Waals surface area (Å²) >= 11 is 0. The van der Waals surface area contributed by atoms with Crippen molar-refractivity contribution >= 4 is 23.8 Å². The Morgan fingerprint density at radius 3 is 2.25 bits per heavy atom. The van der Waals surface area contributed by atoms with Crippen molar-refractivity contribution in [3.8, 4) is 5.75 Å². The molecule has 28 heavy (non-hydrogen) atoms. The summed E-state index contributed by atoms with van der Waals surface area (Å²) in [4.78, 5) is 46.5. The van der Waals surface area contributed by atoms with E-state index in [1.54, 1.807) is 12.1 Å². The van der Waals surface area contributed by atoms with Crippen LogP contribution in [0.1, 0.15) is 33.2 Å². The van der Waals surface area contributed by atoms with Crippen molar-refractivity contribution in [2.45, 2.75) is 19.4 Å². The number of methoxy groups -OCH3 is 1. The largest absolute Gasteiger partial charge is 0.480 e. The van der Waals surface area contributed by atoms with Gasteiger partial charge in [0.1, 0.15) is 11.8 Å². The van der Waals surface area contributed by atoms with Crippen LogP contribution in [0.2, 0.25) is 0 Å². The number of hydrogen-bond donors (Lipinski definition) is 2. The first-order valence-corrected chi connectivity index (χ1v) is 8.29. The van der Waals surface area contributed by atoms with E-state index in [1.165, 1.54) is 50.4 Å². The van der Waals surface area contributed by atoms with Crippen LogP contribution in [0.25, 0.3) is 0 Å². The van der Waals surface area contributed by atoms with E-state index < -0.39 is 29.9 Å². The van der Waals surface area contributed by atoms with Gasteiger partial charge in [-0.3, -0.25) is 9.59 Å². The van der Waals surface area contributed by atoms with E-state index in [1.807, 2.05) is 0 Å². The van der Waals surface area contributed by atoms with Crippen LogP contribution in [0.3, 0.4) is 0 Å². The number of ether oxygens (including phenoxy) is 2. The van der Waals surface area contributed by atoms with Crippen LogP contribution in [0.15, 0.2) is 48.5 Å². The van der Waals surface area contributed by atoms with Crippen LogP contribution in [0.5, 0.6) is 5.75 Å². The Morgan fingerprint density at radius 2 is 1.68 bits per heavy atom. The summed E-state index contributed by atoms with van der Waals surface area (Å²) in [7, 11) is 1.22. The molecule has 2 rings (SSSR count). The predicted molar refractivity (Wildman–Crippen MR) is 98.1 cm³/mol. The normalized spacial score (nSPS) is 11.2. The fourth-order valence-electron chi connectivity index (χ4n) is 2.44. The van der Waals surface area contributed by atoms with Crippen LogP contribution in [0.4, 0.5) is 0 Å². The second-order valence-electron chi connectivity index (χ2n) is 5.88. The van der Waals surface area contributed by atoms with E-state index in [9.17, 15) is 24.3 Å². The van der Waals surface area contributed by atoms with E-state index in [4.69, 9.17) is 4.74 Å². The molecule has 1 atom stereocenters. The van der Waals surface area contributed by atoms with E-state index in [0.717, 1.165) is 0 Å². The van der Waals surface area contributed by atoms with Crippen molar-refractivity contribution in [1.82, 2.24) is 5.32 Å². The molecule has 0 bridgehead atoms. The third kappa shape index (κ3) is 5.66. The lowest BCUT2D eigenvalue weighted by molar-refractivity contribution is -0.139. The first-order valence-electron chi connectivity index (χ1n) is 8.29. The summed E-state index contributed by atoms with van der Waals surface area (Å²) in [6, 6.07) is 10.9. The molecule has 2 N–H and O–H groups in total. The second-order valence-corrected chi connectivity index (χ2v) is 5.88. The van der Waals surface area contributed by atoms with Crippen molar-refractivity contribution in [3.05, 3.63) is 65.2 Å². The summed E-state index contributed by atoms with van der Waals surface area (Å²) in [5.41, 5.74) is 0.953. The van der Waals surface area contributed by atoms with E-state index >= 15 is 0 Å². The Kier molecular flexibility index (Phi) is 6.86.